The summed E-state index contributed by atoms with van der Waals surface area (Å²) in [5.74, 6) is 0. The van der Waals surface area contributed by atoms with Gasteiger partial charge in [0.1, 0.15) is 0 Å². The average Bonchev–Trinajstić information content (AvgIpc) is 1.53. The van der Waals surface area contributed by atoms with Crippen LogP contribution < -0.4 is 9.80 Å². The quantitative estimate of drug-likeness (QED) is 0.0951. The predicted octanol–water partition coefficient (Wildman–Crippen LogP) is 33.3. The molecule has 0 saturated carbocycles. The fourth-order valence-corrected chi connectivity index (χ4v) is 21.1. The SMILES string of the molecule is c1ccc(-c2ccc3cccc(-c4ccc(N(c5ccc(-c6cccc7c(-c8ccc(-c9cccc%10c(-c%11ccc(N(c%12ccc(-c%13cccc%14ccccc%13%14)cc%12)c%12cccc%13c%12-c%12ccccc%12C%13(c%12ccccc%12)c%12ccccc%12)cc%11)cccc9%10)cc8)cccc67)cc5)c5cccc6c5sc5c(-c7ccccc7)cccc56)cc4)c3c2)cc1. The van der Waals surface area contributed by atoms with Crippen LogP contribution in [-0.2, 0) is 5.41 Å². The van der Waals surface area contributed by atoms with Crippen LogP contribution in [0.1, 0.15) is 22.3 Å². The van der Waals surface area contributed by atoms with E-state index in [0.29, 0.717) is 0 Å². The summed E-state index contributed by atoms with van der Waals surface area (Å²) < 4.78 is 2.53. The molecule has 0 N–H and O–H groups in total. The molecule has 0 aliphatic heterocycles. The van der Waals surface area contributed by atoms with Crippen LogP contribution in [0.2, 0.25) is 0 Å². The number of fused-ring (bicyclic) bond motifs is 10. The summed E-state index contributed by atoms with van der Waals surface area (Å²) in [5, 5.41) is 12.3. The third-order valence-corrected chi connectivity index (χ3v) is 26.7. The molecule has 0 saturated heterocycles. The monoisotopic (exact) mass is 1570 g/mol. The molecule has 0 atom stereocenters. The van der Waals surface area contributed by atoms with Gasteiger partial charge in [-0.15, -0.1) is 11.3 Å². The van der Waals surface area contributed by atoms with Gasteiger partial charge in [-0.1, -0.05) is 406 Å². The van der Waals surface area contributed by atoms with Crippen molar-refractivity contribution in [1.29, 1.82) is 0 Å². The Hall–Kier alpha value is -15.5. The molecule has 0 bridgehead atoms. The second-order valence-electron chi connectivity index (χ2n) is 32.0. The Morgan fingerprint density at radius 1 is 0.172 bits per heavy atom. The number of thiophene rings is 1. The van der Waals surface area contributed by atoms with Crippen molar-refractivity contribution in [2.24, 2.45) is 0 Å². The van der Waals surface area contributed by atoms with Gasteiger partial charge in [-0.05, 0) is 227 Å². The lowest BCUT2D eigenvalue weighted by Gasteiger charge is -2.34. The second kappa shape index (κ2) is 30.1. The molecule has 122 heavy (non-hydrogen) atoms. The van der Waals surface area contributed by atoms with Crippen LogP contribution >= 0.6 is 11.3 Å². The number of hydrogen-bond acceptors (Lipinski definition) is 3. The standard InChI is InChI=1S/C119H78N2S/c1-5-26-79(27-6-1)89-61-60-82-32-18-40-102(111(82)78-89)88-68-76-95(77-69-88)121(115-55-24-51-109-108-50-23-45-103(117(108)122-118(109)115)81-28-7-2-8-29-81)94-74-66-87(67-75-94)101-44-22-47-105-99(42-20-49-107(101)105)84-58-56-83(57-59-84)98-41-19-48-106-100(43-21-46-104(98)106)86-64-72-93(73-65-86)120(92-70-62-85(63-71-92)97-39-17-31-80-30-13-14-37-96(80)97)114-54-25-53-113-116(114)110-38-15-16-52-112(110)119(113,90-33-9-3-10-34-90)91-35-11-4-12-36-91/h1-78H. The smallest absolute Gasteiger partial charge is 0.0714 e. The minimum atomic E-state index is -0.557. The highest BCUT2D eigenvalue weighted by atomic mass is 32.1. The fourth-order valence-electron chi connectivity index (χ4n) is 19.8. The maximum Gasteiger partial charge on any atom is 0.0714 e. The minimum Gasteiger partial charge on any atom is -0.310 e. The largest absolute Gasteiger partial charge is 0.310 e. The van der Waals surface area contributed by atoms with E-state index in [1.807, 2.05) is 11.3 Å². The Kier molecular flexibility index (Phi) is 17.7. The first-order valence-electron chi connectivity index (χ1n) is 42.1. The van der Waals surface area contributed by atoms with E-state index in [1.165, 1.54) is 175 Å². The maximum atomic E-state index is 2.48. The van der Waals surface area contributed by atoms with E-state index in [9.17, 15) is 0 Å². The van der Waals surface area contributed by atoms with Crippen molar-refractivity contribution in [3.8, 4) is 100 Å². The van der Waals surface area contributed by atoms with Crippen molar-refractivity contribution >= 4 is 109 Å². The zero-order valence-corrected chi connectivity index (χ0v) is 67.7. The highest BCUT2D eigenvalue weighted by Gasteiger charge is 2.47. The molecule has 21 aromatic carbocycles. The molecule has 1 aromatic heterocycles. The molecule has 0 fully saturated rings. The van der Waals surface area contributed by atoms with Crippen LogP contribution in [0.15, 0.2) is 473 Å². The first-order valence-corrected chi connectivity index (χ1v) is 42.9. The molecule has 2 nitrogen and oxygen atoms in total. The van der Waals surface area contributed by atoms with E-state index in [1.54, 1.807) is 0 Å². The third-order valence-electron chi connectivity index (χ3n) is 25.4. The lowest BCUT2D eigenvalue weighted by Crippen LogP contribution is -2.28. The molecule has 22 aromatic rings. The molecular formula is C119H78N2S. The van der Waals surface area contributed by atoms with E-state index in [4.69, 9.17) is 0 Å². The number of benzene rings is 21. The van der Waals surface area contributed by atoms with Gasteiger partial charge in [0.05, 0.1) is 21.5 Å². The summed E-state index contributed by atoms with van der Waals surface area (Å²) in [4.78, 5) is 4.95. The van der Waals surface area contributed by atoms with Crippen molar-refractivity contribution in [3.05, 3.63) is 495 Å². The first-order chi connectivity index (χ1) is 60.5. The van der Waals surface area contributed by atoms with Gasteiger partial charge < -0.3 is 9.80 Å². The summed E-state index contributed by atoms with van der Waals surface area (Å²) in [7, 11) is 0. The van der Waals surface area contributed by atoms with Crippen LogP contribution in [0.4, 0.5) is 34.1 Å². The zero-order chi connectivity index (χ0) is 80.6. The van der Waals surface area contributed by atoms with E-state index in [0.717, 1.165) is 45.3 Å². The van der Waals surface area contributed by atoms with Crippen molar-refractivity contribution in [3.63, 3.8) is 0 Å². The molecular weight excluding hydrogens is 1490 g/mol. The third kappa shape index (κ3) is 12.1. The zero-order valence-electron chi connectivity index (χ0n) is 66.8. The van der Waals surface area contributed by atoms with Gasteiger partial charge in [0.25, 0.3) is 0 Å². The van der Waals surface area contributed by atoms with Gasteiger partial charge in [-0.25, -0.2) is 0 Å². The van der Waals surface area contributed by atoms with E-state index in [2.05, 4.69) is 483 Å². The molecule has 0 radical (unpaired) electrons. The van der Waals surface area contributed by atoms with Crippen LogP contribution in [0.5, 0.6) is 0 Å². The summed E-state index contributed by atoms with van der Waals surface area (Å²) in [5.41, 5.74) is 32.6. The van der Waals surface area contributed by atoms with Gasteiger partial charge >= 0.3 is 0 Å². The molecule has 1 heterocycles. The van der Waals surface area contributed by atoms with Gasteiger partial charge in [-0.2, -0.15) is 0 Å². The Bertz CT molecular complexity index is 7710. The summed E-state index contributed by atoms with van der Waals surface area (Å²) in [6.07, 6.45) is 0. The topological polar surface area (TPSA) is 6.48 Å². The number of anilines is 6. The second-order valence-corrected chi connectivity index (χ2v) is 33.0. The number of rotatable bonds is 16. The highest BCUT2D eigenvalue weighted by molar-refractivity contribution is 7.27. The molecule has 0 unspecified atom stereocenters. The maximum absolute atomic E-state index is 2.48. The lowest BCUT2D eigenvalue weighted by molar-refractivity contribution is 0.768. The van der Waals surface area contributed by atoms with Crippen molar-refractivity contribution in [2.75, 3.05) is 9.80 Å². The van der Waals surface area contributed by atoms with Gasteiger partial charge in [-0.3, -0.25) is 0 Å². The van der Waals surface area contributed by atoms with Crippen LogP contribution in [0.3, 0.4) is 0 Å². The average molecular weight is 1570 g/mol. The fraction of sp³-hybridized carbons (Fsp3) is 0.00840. The van der Waals surface area contributed by atoms with Crippen molar-refractivity contribution in [1.82, 2.24) is 0 Å². The van der Waals surface area contributed by atoms with Crippen LogP contribution in [0, 0.1) is 0 Å². The Labute approximate surface area is 714 Å². The predicted molar refractivity (Wildman–Crippen MR) is 520 cm³/mol. The highest BCUT2D eigenvalue weighted by Crippen LogP contribution is 2.60. The molecule has 0 amide bonds. The summed E-state index contributed by atoms with van der Waals surface area (Å²) >= 11 is 1.89. The molecule has 570 valence electrons. The van der Waals surface area contributed by atoms with Gasteiger partial charge in [0.15, 0.2) is 0 Å². The van der Waals surface area contributed by atoms with Crippen molar-refractivity contribution in [2.45, 2.75) is 5.41 Å². The Morgan fingerprint density at radius 3 is 0.975 bits per heavy atom. The van der Waals surface area contributed by atoms with Crippen LogP contribution in [0.25, 0.3) is 163 Å². The van der Waals surface area contributed by atoms with Gasteiger partial charge in [0, 0.05) is 43.8 Å². The number of nitrogens with zero attached hydrogens (tertiary/aromatic N) is 2. The molecule has 1 aliphatic carbocycles. The minimum absolute atomic E-state index is 0.557. The van der Waals surface area contributed by atoms with E-state index >= 15 is 0 Å². The van der Waals surface area contributed by atoms with Crippen molar-refractivity contribution < 1.29 is 0 Å². The molecule has 0 spiro atoms. The van der Waals surface area contributed by atoms with E-state index < -0.39 is 5.41 Å². The summed E-state index contributed by atoms with van der Waals surface area (Å²) in [6.45, 7) is 0. The Balaban J connectivity index is 0.571. The molecule has 23 rings (SSSR count). The van der Waals surface area contributed by atoms with Gasteiger partial charge in [0.2, 0.25) is 0 Å². The van der Waals surface area contributed by atoms with Crippen LogP contribution in [-0.4, -0.2) is 0 Å². The lowest BCUT2D eigenvalue weighted by atomic mass is 9.68. The Morgan fingerprint density at radius 2 is 0.475 bits per heavy atom. The normalized spacial score (nSPS) is 12.2. The number of hydrogen-bond donors (Lipinski definition) is 0. The molecule has 1 aliphatic rings. The van der Waals surface area contributed by atoms with E-state index in [-0.39, 0.29) is 0 Å². The first kappa shape index (κ1) is 71.8. The molecule has 3 heteroatoms. The summed E-state index contributed by atoms with van der Waals surface area (Å²) in [6, 6.07) is 176.